The second-order valence-corrected chi connectivity index (χ2v) is 7.90. The first kappa shape index (κ1) is 17.3. The molecule has 2 aromatic rings. The first-order chi connectivity index (χ1) is 12.7. The van der Waals surface area contributed by atoms with Gasteiger partial charge < -0.3 is 14.6 Å². The number of hydrogen-bond donors (Lipinski definition) is 1. The number of rotatable bonds is 4. The quantitative estimate of drug-likeness (QED) is 0.913. The third-order valence-electron chi connectivity index (χ3n) is 6.32. The average molecular weight is 352 g/mol. The Morgan fingerprint density at radius 1 is 1.12 bits per heavy atom. The highest BCUT2D eigenvalue weighted by Crippen LogP contribution is 2.40. The smallest absolute Gasteiger partial charge is 0.225 e. The zero-order valence-electron chi connectivity index (χ0n) is 15.3. The van der Waals surface area contributed by atoms with Crippen LogP contribution in [0.25, 0.3) is 0 Å². The van der Waals surface area contributed by atoms with Crippen molar-refractivity contribution >= 4 is 5.91 Å². The highest BCUT2D eigenvalue weighted by atomic mass is 16.3. The van der Waals surface area contributed by atoms with E-state index in [0.717, 1.165) is 31.2 Å². The molecule has 0 unspecified atom stereocenters. The highest BCUT2D eigenvalue weighted by Gasteiger charge is 2.43. The van der Waals surface area contributed by atoms with Gasteiger partial charge in [0, 0.05) is 31.4 Å². The van der Waals surface area contributed by atoms with E-state index in [9.17, 15) is 9.90 Å². The van der Waals surface area contributed by atoms with E-state index >= 15 is 0 Å². The molecule has 1 aromatic heterocycles. The molecular formula is C22H28N2O2. The Balaban J connectivity index is 1.49. The van der Waals surface area contributed by atoms with Crippen LogP contribution in [0, 0.1) is 5.92 Å². The third-order valence-corrected chi connectivity index (χ3v) is 6.32. The summed E-state index contributed by atoms with van der Waals surface area (Å²) in [6.07, 6.45) is 9.47. The van der Waals surface area contributed by atoms with Crippen molar-refractivity contribution in [1.82, 2.24) is 9.47 Å². The van der Waals surface area contributed by atoms with Crippen LogP contribution >= 0.6 is 0 Å². The van der Waals surface area contributed by atoms with E-state index in [-0.39, 0.29) is 17.9 Å². The zero-order chi connectivity index (χ0) is 18.0. The minimum Gasteiger partial charge on any atom is -0.389 e. The molecule has 4 nitrogen and oxygen atoms in total. The van der Waals surface area contributed by atoms with Gasteiger partial charge in [-0.15, -0.1) is 0 Å². The Labute approximate surface area is 155 Å². The monoisotopic (exact) mass is 352 g/mol. The fourth-order valence-corrected chi connectivity index (χ4v) is 4.72. The van der Waals surface area contributed by atoms with E-state index in [0.29, 0.717) is 19.5 Å². The van der Waals surface area contributed by atoms with Crippen molar-refractivity contribution in [3.63, 3.8) is 0 Å². The number of piperidine rings is 1. The summed E-state index contributed by atoms with van der Waals surface area (Å²) in [6.45, 7) is 1.39. The van der Waals surface area contributed by atoms with Gasteiger partial charge in [0.05, 0.1) is 18.1 Å². The molecule has 1 N–H and O–H groups in total. The summed E-state index contributed by atoms with van der Waals surface area (Å²) >= 11 is 0. The Hall–Kier alpha value is -2.07. The molecule has 4 rings (SSSR count). The fraction of sp³-hybridized carbons (Fsp3) is 0.500. The molecule has 2 heterocycles. The first-order valence-electron chi connectivity index (χ1n) is 9.83. The molecule has 26 heavy (non-hydrogen) atoms. The standard InChI is InChI=1S/C22H28N2O2/c25-21(24-15-12-22(26)11-5-4-10-19(22)17-24)16-20(23-13-6-7-14-23)18-8-2-1-3-9-18/h1-3,6-9,13-14,19-20,26H,4-5,10-12,15-17H2/t19-,20-,22+/m1/s1. The van der Waals surface area contributed by atoms with Gasteiger partial charge in [-0.3, -0.25) is 4.79 Å². The molecule has 4 heteroatoms. The summed E-state index contributed by atoms with van der Waals surface area (Å²) in [7, 11) is 0. The molecule has 1 aromatic carbocycles. The van der Waals surface area contributed by atoms with Gasteiger partial charge in [-0.25, -0.2) is 0 Å². The number of hydrogen-bond acceptors (Lipinski definition) is 2. The predicted octanol–water partition coefficient (Wildman–Crippen LogP) is 3.62. The van der Waals surface area contributed by atoms with Gasteiger partial charge in [0.25, 0.3) is 0 Å². The molecule has 2 aliphatic rings. The van der Waals surface area contributed by atoms with Gasteiger partial charge >= 0.3 is 0 Å². The lowest BCUT2D eigenvalue weighted by molar-refractivity contribution is -0.143. The SMILES string of the molecule is O=C(C[C@H](c1ccccc1)n1cccc1)N1CC[C@@]2(O)CCCC[C@@H]2C1. The Morgan fingerprint density at radius 3 is 2.65 bits per heavy atom. The molecule has 138 valence electrons. The molecule has 1 amide bonds. The summed E-state index contributed by atoms with van der Waals surface area (Å²) in [4.78, 5) is 15.1. The maximum absolute atomic E-state index is 13.1. The zero-order valence-corrected chi connectivity index (χ0v) is 15.3. The van der Waals surface area contributed by atoms with Crippen molar-refractivity contribution in [2.45, 2.75) is 50.2 Å². The van der Waals surface area contributed by atoms with Gasteiger partial charge in [0.2, 0.25) is 5.91 Å². The van der Waals surface area contributed by atoms with Gasteiger partial charge in [-0.2, -0.15) is 0 Å². The second kappa shape index (κ2) is 7.28. The van der Waals surface area contributed by atoms with Crippen molar-refractivity contribution in [1.29, 1.82) is 0 Å². The van der Waals surface area contributed by atoms with E-state index in [2.05, 4.69) is 16.7 Å². The van der Waals surface area contributed by atoms with Gasteiger partial charge in [-0.1, -0.05) is 43.2 Å². The van der Waals surface area contributed by atoms with Crippen molar-refractivity contribution < 1.29 is 9.90 Å². The van der Waals surface area contributed by atoms with Gasteiger partial charge in [0.15, 0.2) is 0 Å². The lowest BCUT2D eigenvalue weighted by Gasteiger charge is -2.47. The average Bonchev–Trinajstić information content (AvgIpc) is 3.20. The molecular weight excluding hydrogens is 324 g/mol. The number of nitrogens with zero attached hydrogens (tertiary/aromatic N) is 2. The summed E-state index contributed by atoms with van der Waals surface area (Å²) in [5.41, 5.74) is 0.622. The number of carbonyl (C=O) groups is 1. The number of amides is 1. The van der Waals surface area contributed by atoms with E-state index in [1.165, 1.54) is 6.42 Å². The summed E-state index contributed by atoms with van der Waals surface area (Å²) in [6, 6.07) is 14.3. The molecule has 1 aliphatic heterocycles. The predicted molar refractivity (Wildman–Crippen MR) is 102 cm³/mol. The fourth-order valence-electron chi connectivity index (χ4n) is 4.72. The lowest BCUT2D eigenvalue weighted by atomic mass is 9.71. The molecule has 2 fully saturated rings. The van der Waals surface area contributed by atoms with Gasteiger partial charge in [-0.05, 0) is 37.0 Å². The van der Waals surface area contributed by atoms with Crippen molar-refractivity contribution in [2.24, 2.45) is 5.92 Å². The Kier molecular flexibility index (Phi) is 4.86. The minimum atomic E-state index is -0.533. The third kappa shape index (κ3) is 3.43. The van der Waals surface area contributed by atoms with E-state index in [1.54, 1.807) is 0 Å². The number of likely N-dealkylation sites (tertiary alicyclic amines) is 1. The van der Waals surface area contributed by atoms with E-state index < -0.39 is 5.60 Å². The van der Waals surface area contributed by atoms with Crippen LogP contribution < -0.4 is 0 Å². The Bertz CT molecular complexity index is 728. The second-order valence-electron chi connectivity index (χ2n) is 7.90. The topological polar surface area (TPSA) is 45.5 Å². The van der Waals surface area contributed by atoms with Crippen LogP contribution in [0.15, 0.2) is 54.9 Å². The normalized spacial score (nSPS) is 27.0. The maximum atomic E-state index is 13.1. The molecule has 1 saturated carbocycles. The number of aromatic nitrogens is 1. The van der Waals surface area contributed by atoms with Crippen molar-refractivity contribution in [3.8, 4) is 0 Å². The van der Waals surface area contributed by atoms with Crippen LogP contribution in [0.1, 0.15) is 50.1 Å². The lowest BCUT2D eigenvalue weighted by Crippen LogP contribution is -2.54. The van der Waals surface area contributed by atoms with E-state index in [1.807, 2.05) is 47.6 Å². The molecule has 0 bridgehead atoms. The van der Waals surface area contributed by atoms with Gasteiger partial charge in [0.1, 0.15) is 0 Å². The summed E-state index contributed by atoms with van der Waals surface area (Å²) in [5, 5.41) is 10.9. The van der Waals surface area contributed by atoms with Crippen LogP contribution in [-0.2, 0) is 4.79 Å². The maximum Gasteiger partial charge on any atom is 0.225 e. The van der Waals surface area contributed by atoms with Crippen molar-refractivity contribution in [2.75, 3.05) is 13.1 Å². The number of fused-ring (bicyclic) bond motifs is 1. The summed E-state index contributed by atoms with van der Waals surface area (Å²) in [5.74, 6) is 0.441. The number of aliphatic hydroxyl groups is 1. The first-order valence-corrected chi connectivity index (χ1v) is 9.83. The van der Waals surface area contributed by atoms with Crippen LogP contribution in [0.3, 0.4) is 0 Å². The number of benzene rings is 1. The molecule has 0 spiro atoms. The summed E-state index contributed by atoms with van der Waals surface area (Å²) < 4.78 is 2.12. The van der Waals surface area contributed by atoms with Crippen LogP contribution in [-0.4, -0.2) is 39.2 Å². The number of carbonyl (C=O) groups excluding carboxylic acids is 1. The molecule has 1 aliphatic carbocycles. The van der Waals surface area contributed by atoms with Crippen LogP contribution in [0.2, 0.25) is 0 Å². The highest BCUT2D eigenvalue weighted by molar-refractivity contribution is 5.77. The van der Waals surface area contributed by atoms with E-state index in [4.69, 9.17) is 0 Å². The molecule has 0 radical (unpaired) electrons. The molecule has 1 saturated heterocycles. The molecule has 3 atom stereocenters. The Morgan fingerprint density at radius 2 is 1.88 bits per heavy atom. The van der Waals surface area contributed by atoms with Crippen LogP contribution in [0.5, 0.6) is 0 Å². The van der Waals surface area contributed by atoms with Crippen LogP contribution in [0.4, 0.5) is 0 Å². The van der Waals surface area contributed by atoms with Crippen molar-refractivity contribution in [3.05, 3.63) is 60.4 Å². The minimum absolute atomic E-state index is 0.0193. The largest absolute Gasteiger partial charge is 0.389 e.